The van der Waals surface area contributed by atoms with Gasteiger partial charge in [-0.1, -0.05) is 20.8 Å². The zero-order chi connectivity index (χ0) is 13.2. The molecule has 0 aromatic carbocycles. The lowest BCUT2D eigenvalue weighted by molar-refractivity contribution is 0.153. The highest BCUT2D eigenvalue weighted by molar-refractivity contribution is 5.37. The summed E-state index contributed by atoms with van der Waals surface area (Å²) in [5.74, 6) is 1.75. The van der Waals surface area contributed by atoms with Crippen molar-refractivity contribution in [1.82, 2.24) is 9.78 Å². The van der Waals surface area contributed by atoms with Gasteiger partial charge in [-0.15, -0.1) is 0 Å². The van der Waals surface area contributed by atoms with Crippen LogP contribution < -0.4 is 5.32 Å². The number of hydrogen-bond donors (Lipinski definition) is 1. The van der Waals surface area contributed by atoms with Crippen molar-refractivity contribution in [3.05, 3.63) is 12.4 Å². The summed E-state index contributed by atoms with van der Waals surface area (Å²) < 4.78 is 1.85. The van der Waals surface area contributed by atoms with Gasteiger partial charge >= 0.3 is 0 Å². The smallest absolute Gasteiger partial charge is 0.0726 e. The van der Waals surface area contributed by atoms with Gasteiger partial charge in [-0.05, 0) is 42.9 Å². The summed E-state index contributed by atoms with van der Waals surface area (Å²) in [6, 6.07) is 0. The van der Waals surface area contributed by atoms with E-state index >= 15 is 0 Å². The maximum Gasteiger partial charge on any atom is 0.0726 e. The highest BCUT2D eigenvalue weighted by atomic mass is 15.3. The van der Waals surface area contributed by atoms with E-state index in [0.717, 1.165) is 24.1 Å². The maximum absolute atomic E-state index is 4.18. The van der Waals surface area contributed by atoms with Gasteiger partial charge in [0.1, 0.15) is 0 Å². The second kappa shape index (κ2) is 5.33. The van der Waals surface area contributed by atoms with Crippen molar-refractivity contribution < 1.29 is 0 Å². The minimum atomic E-state index is 0.488. The molecule has 0 radical (unpaired) electrons. The summed E-state index contributed by atoms with van der Waals surface area (Å²) in [5, 5.41) is 7.68. The van der Waals surface area contributed by atoms with Crippen LogP contribution in [0.1, 0.15) is 46.5 Å². The molecule has 0 saturated heterocycles. The Morgan fingerprint density at radius 2 is 1.94 bits per heavy atom. The van der Waals surface area contributed by atoms with Gasteiger partial charge in [0.25, 0.3) is 0 Å². The van der Waals surface area contributed by atoms with Crippen molar-refractivity contribution >= 4 is 5.69 Å². The van der Waals surface area contributed by atoms with Gasteiger partial charge in [-0.25, -0.2) is 0 Å². The SMILES string of the molecule is Cn1cc(NCC2CCC(C(C)(C)C)CC2)cn1. The summed E-state index contributed by atoms with van der Waals surface area (Å²) in [4.78, 5) is 0. The summed E-state index contributed by atoms with van der Waals surface area (Å²) >= 11 is 0. The summed E-state index contributed by atoms with van der Waals surface area (Å²) in [7, 11) is 1.96. The average molecular weight is 249 g/mol. The van der Waals surface area contributed by atoms with E-state index in [-0.39, 0.29) is 0 Å². The zero-order valence-corrected chi connectivity index (χ0v) is 12.2. The van der Waals surface area contributed by atoms with Crippen LogP contribution in [0.3, 0.4) is 0 Å². The molecule has 0 atom stereocenters. The van der Waals surface area contributed by atoms with Crippen molar-refractivity contribution in [2.24, 2.45) is 24.3 Å². The number of aryl methyl sites for hydroxylation is 1. The van der Waals surface area contributed by atoms with Crippen molar-refractivity contribution in [2.45, 2.75) is 46.5 Å². The molecule has 102 valence electrons. The Bertz CT molecular complexity index is 367. The third kappa shape index (κ3) is 3.50. The Morgan fingerprint density at radius 3 is 2.44 bits per heavy atom. The molecule has 1 aromatic heterocycles. The summed E-state index contributed by atoms with van der Waals surface area (Å²) in [6.07, 6.45) is 9.47. The van der Waals surface area contributed by atoms with Crippen molar-refractivity contribution in [3.63, 3.8) is 0 Å². The molecule has 18 heavy (non-hydrogen) atoms. The molecular weight excluding hydrogens is 222 g/mol. The molecule has 3 heteroatoms. The number of aromatic nitrogens is 2. The van der Waals surface area contributed by atoms with Crippen LogP contribution >= 0.6 is 0 Å². The van der Waals surface area contributed by atoms with Gasteiger partial charge in [0.2, 0.25) is 0 Å². The molecule has 2 rings (SSSR count). The predicted octanol–water partition coefficient (Wildman–Crippen LogP) is 3.68. The highest BCUT2D eigenvalue weighted by Gasteiger charge is 2.29. The largest absolute Gasteiger partial charge is 0.382 e. The second-order valence-corrected chi connectivity index (χ2v) is 6.87. The van der Waals surface area contributed by atoms with Crippen LogP contribution in [0.15, 0.2) is 12.4 Å². The van der Waals surface area contributed by atoms with Crippen LogP contribution in [0.2, 0.25) is 0 Å². The molecule has 0 amide bonds. The predicted molar refractivity (Wildman–Crippen MR) is 76.6 cm³/mol. The monoisotopic (exact) mass is 249 g/mol. The van der Waals surface area contributed by atoms with Gasteiger partial charge < -0.3 is 5.32 Å². The fourth-order valence-electron chi connectivity index (χ4n) is 3.01. The molecule has 1 aliphatic rings. The highest BCUT2D eigenvalue weighted by Crippen LogP contribution is 2.39. The van der Waals surface area contributed by atoms with Crippen molar-refractivity contribution in [2.75, 3.05) is 11.9 Å². The molecule has 0 aliphatic heterocycles. The molecule has 1 aliphatic carbocycles. The summed E-state index contributed by atoms with van der Waals surface area (Å²) in [5.41, 5.74) is 1.64. The Hall–Kier alpha value is -0.990. The van der Waals surface area contributed by atoms with Crippen LogP contribution in [0.25, 0.3) is 0 Å². The number of nitrogens with one attached hydrogen (secondary N) is 1. The fraction of sp³-hybridized carbons (Fsp3) is 0.800. The minimum Gasteiger partial charge on any atom is -0.382 e. The number of rotatable bonds is 3. The van der Waals surface area contributed by atoms with Crippen LogP contribution in [0, 0.1) is 17.3 Å². The number of anilines is 1. The number of hydrogen-bond acceptors (Lipinski definition) is 2. The molecule has 0 spiro atoms. The first-order chi connectivity index (χ1) is 8.45. The molecule has 1 N–H and O–H groups in total. The molecule has 0 unspecified atom stereocenters. The minimum absolute atomic E-state index is 0.488. The molecule has 3 nitrogen and oxygen atoms in total. The Kier molecular flexibility index (Phi) is 3.98. The van der Waals surface area contributed by atoms with E-state index < -0.39 is 0 Å². The zero-order valence-electron chi connectivity index (χ0n) is 12.2. The van der Waals surface area contributed by atoms with Crippen LogP contribution in [0.5, 0.6) is 0 Å². The quantitative estimate of drug-likeness (QED) is 0.885. The summed E-state index contributed by atoms with van der Waals surface area (Å²) in [6.45, 7) is 8.24. The standard InChI is InChI=1S/C15H27N3/c1-15(2,3)13-7-5-12(6-8-13)9-16-14-10-17-18(4)11-14/h10-13,16H,5-9H2,1-4H3. The Labute approximate surface area is 111 Å². The first-order valence-electron chi connectivity index (χ1n) is 7.17. The van der Waals surface area contributed by atoms with Crippen LogP contribution in [-0.2, 0) is 7.05 Å². The van der Waals surface area contributed by atoms with E-state index in [1.165, 1.54) is 25.7 Å². The van der Waals surface area contributed by atoms with Gasteiger partial charge in [0.05, 0.1) is 11.9 Å². The normalized spacial score (nSPS) is 25.1. The van der Waals surface area contributed by atoms with Gasteiger partial charge in [-0.2, -0.15) is 5.10 Å². The first-order valence-corrected chi connectivity index (χ1v) is 7.17. The third-order valence-corrected chi connectivity index (χ3v) is 4.37. The van der Waals surface area contributed by atoms with E-state index in [4.69, 9.17) is 0 Å². The molecular formula is C15H27N3. The molecule has 1 aromatic rings. The Balaban J connectivity index is 1.74. The fourth-order valence-corrected chi connectivity index (χ4v) is 3.01. The third-order valence-electron chi connectivity index (χ3n) is 4.37. The maximum atomic E-state index is 4.18. The Morgan fingerprint density at radius 1 is 1.28 bits per heavy atom. The van der Waals surface area contributed by atoms with Crippen LogP contribution in [0.4, 0.5) is 5.69 Å². The molecule has 1 heterocycles. The van der Waals surface area contributed by atoms with E-state index in [1.807, 2.05) is 24.1 Å². The van der Waals surface area contributed by atoms with E-state index in [2.05, 4.69) is 31.2 Å². The van der Waals surface area contributed by atoms with Gasteiger partial charge in [0, 0.05) is 19.8 Å². The van der Waals surface area contributed by atoms with Gasteiger partial charge in [-0.3, -0.25) is 4.68 Å². The van der Waals surface area contributed by atoms with E-state index in [9.17, 15) is 0 Å². The second-order valence-electron chi connectivity index (χ2n) is 6.87. The lowest BCUT2D eigenvalue weighted by Gasteiger charge is -2.37. The molecule has 1 fully saturated rings. The molecule has 0 bridgehead atoms. The van der Waals surface area contributed by atoms with E-state index in [0.29, 0.717) is 5.41 Å². The number of nitrogens with zero attached hydrogens (tertiary/aromatic N) is 2. The molecule has 1 saturated carbocycles. The van der Waals surface area contributed by atoms with Gasteiger partial charge in [0.15, 0.2) is 0 Å². The lowest BCUT2D eigenvalue weighted by Crippen LogP contribution is -2.28. The average Bonchev–Trinajstić information content (AvgIpc) is 2.72. The van der Waals surface area contributed by atoms with Crippen molar-refractivity contribution in [3.8, 4) is 0 Å². The van der Waals surface area contributed by atoms with E-state index in [1.54, 1.807) is 0 Å². The first kappa shape index (κ1) is 13.4. The lowest BCUT2D eigenvalue weighted by atomic mass is 9.70. The van der Waals surface area contributed by atoms with Crippen molar-refractivity contribution in [1.29, 1.82) is 0 Å². The topological polar surface area (TPSA) is 29.9 Å². The van der Waals surface area contributed by atoms with Crippen LogP contribution in [-0.4, -0.2) is 16.3 Å².